The first-order chi connectivity index (χ1) is 8.36. The molecule has 2 unspecified atom stereocenters. The normalized spacial score (nSPS) is 13.1. The van der Waals surface area contributed by atoms with Crippen molar-refractivity contribution in [3.63, 3.8) is 0 Å². The monoisotopic (exact) mass is 400 g/mol. The van der Waals surface area contributed by atoms with E-state index in [4.69, 9.17) is 10.6 Å². The fourth-order valence-electron chi connectivity index (χ4n) is 1.10. The molecule has 0 bridgehead atoms. The Kier molecular flexibility index (Phi) is 6.33. The lowest BCUT2D eigenvalue weighted by molar-refractivity contribution is 0.317. The van der Waals surface area contributed by atoms with Crippen LogP contribution in [0.1, 0.15) is 6.92 Å². The van der Waals surface area contributed by atoms with Crippen LogP contribution in [0.2, 0.25) is 5.82 Å². The predicted octanol–water partition coefficient (Wildman–Crippen LogP) is 1.41. The summed E-state index contributed by atoms with van der Waals surface area (Å²) in [7, 11) is -0.873. The van der Waals surface area contributed by atoms with E-state index in [1.807, 2.05) is 0 Å². The summed E-state index contributed by atoms with van der Waals surface area (Å²) in [5, 5.41) is 0. The van der Waals surface area contributed by atoms with Gasteiger partial charge in [0.05, 0.1) is 11.5 Å². The summed E-state index contributed by atoms with van der Waals surface area (Å²) in [4.78, 5) is 1.88. The van der Waals surface area contributed by atoms with Gasteiger partial charge in [-0.05, 0) is 30.1 Å². The largest absolute Gasteiger partial charge is 0.494 e. The Morgan fingerprint density at radius 3 is 2.50 bits per heavy atom. The molecule has 0 heterocycles. The third-order valence-corrected chi connectivity index (χ3v) is 5.43. The molecule has 18 heavy (non-hydrogen) atoms. The van der Waals surface area contributed by atoms with Gasteiger partial charge < -0.3 is 4.74 Å². The number of sulfonamides is 1. The summed E-state index contributed by atoms with van der Waals surface area (Å²) in [5.74, 6) is 5.97. The second kappa shape index (κ2) is 7.05. The van der Waals surface area contributed by atoms with Crippen LogP contribution in [-0.4, -0.2) is 19.3 Å². The average Bonchev–Trinajstić information content (AvgIpc) is 2.36. The first-order valence-electron chi connectivity index (χ1n) is 5.21. The lowest BCUT2D eigenvalue weighted by atomic mass is 9.88. The summed E-state index contributed by atoms with van der Waals surface area (Å²) in [6, 6.07) is 6.14. The van der Waals surface area contributed by atoms with Gasteiger partial charge in [-0.15, -0.1) is 22.4 Å². The zero-order valence-electron chi connectivity index (χ0n) is 9.84. The summed E-state index contributed by atoms with van der Waals surface area (Å²) < 4.78 is 28.8. The Hall–Kier alpha value is 0.115. The standard InChI is InChI=1S/C9H15BIN2O3PS/c1-7(10(11)17)6-16-8-2-4-9(5-3-8)18(14,15)13-12/h2-5,7,13H,6,12,17H2,1H3. The van der Waals surface area contributed by atoms with Crippen molar-refractivity contribution in [1.82, 2.24) is 4.83 Å². The molecular formula is C9H15BIN2O3PS. The van der Waals surface area contributed by atoms with Gasteiger partial charge in [0.1, 0.15) is 5.75 Å². The molecule has 2 atom stereocenters. The molecule has 0 aliphatic heterocycles. The highest BCUT2D eigenvalue weighted by Crippen LogP contribution is 2.22. The van der Waals surface area contributed by atoms with Gasteiger partial charge in [0, 0.05) is 0 Å². The maximum absolute atomic E-state index is 11.4. The molecule has 0 aromatic heterocycles. The molecule has 3 N–H and O–H groups in total. The Labute approximate surface area is 123 Å². The van der Waals surface area contributed by atoms with Crippen molar-refractivity contribution in [1.29, 1.82) is 0 Å². The molecule has 0 radical (unpaired) electrons. The van der Waals surface area contributed by atoms with Crippen molar-refractivity contribution >= 4 is 45.8 Å². The summed E-state index contributed by atoms with van der Waals surface area (Å²) in [6.45, 7) is 2.67. The van der Waals surface area contributed by atoms with E-state index in [1.54, 1.807) is 17.0 Å². The van der Waals surface area contributed by atoms with E-state index in [-0.39, 0.29) is 4.90 Å². The molecule has 0 aliphatic rings. The fourth-order valence-corrected chi connectivity index (χ4v) is 2.05. The number of nitrogens with two attached hydrogens (primary N) is 1. The molecule has 100 valence electrons. The second-order valence-corrected chi connectivity index (χ2v) is 9.05. The number of nitrogens with one attached hydrogen (secondary N) is 1. The van der Waals surface area contributed by atoms with Crippen LogP contribution in [0.15, 0.2) is 29.2 Å². The van der Waals surface area contributed by atoms with E-state index in [0.717, 1.165) is 0 Å². The maximum Gasteiger partial charge on any atom is 0.253 e. The summed E-state index contributed by atoms with van der Waals surface area (Å²) in [5.41, 5.74) is 0. The Balaban J connectivity index is 2.67. The minimum absolute atomic E-state index is 0.114. The van der Waals surface area contributed by atoms with Gasteiger partial charge in [-0.3, -0.25) is 5.84 Å². The van der Waals surface area contributed by atoms with Crippen molar-refractivity contribution in [2.45, 2.75) is 17.6 Å². The quantitative estimate of drug-likeness (QED) is 0.249. The van der Waals surface area contributed by atoms with Gasteiger partial charge in [-0.25, -0.2) is 8.42 Å². The first-order valence-corrected chi connectivity index (χ1v) is 8.61. The Morgan fingerprint density at radius 2 is 2.06 bits per heavy atom. The molecule has 1 aromatic carbocycles. The van der Waals surface area contributed by atoms with E-state index < -0.39 is 10.0 Å². The number of hydrogen-bond donors (Lipinski definition) is 2. The molecule has 0 saturated heterocycles. The number of hydrogen-bond acceptors (Lipinski definition) is 4. The van der Waals surface area contributed by atoms with Gasteiger partial charge >= 0.3 is 0 Å². The van der Waals surface area contributed by atoms with E-state index in [1.165, 1.54) is 12.1 Å². The van der Waals surface area contributed by atoms with Crippen molar-refractivity contribution in [3.05, 3.63) is 24.3 Å². The van der Waals surface area contributed by atoms with Crippen LogP contribution in [0.3, 0.4) is 0 Å². The lowest BCUT2D eigenvalue weighted by Crippen LogP contribution is -2.30. The highest BCUT2D eigenvalue weighted by atomic mass is 127. The minimum Gasteiger partial charge on any atom is -0.494 e. The number of hydrazine groups is 1. The van der Waals surface area contributed by atoms with Crippen molar-refractivity contribution in [2.24, 2.45) is 5.84 Å². The molecule has 0 fully saturated rings. The number of rotatable bonds is 6. The van der Waals surface area contributed by atoms with Crippen molar-refractivity contribution in [2.75, 3.05) is 6.61 Å². The van der Waals surface area contributed by atoms with Crippen LogP contribution in [0.4, 0.5) is 0 Å². The van der Waals surface area contributed by atoms with Crippen LogP contribution in [0.5, 0.6) is 5.75 Å². The molecule has 0 saturated carbocycles. The third kappa shape index (κ3) is 4.66. The van der Waals surface area contributed by atoms with Crippen LogP contribution >= 0.6 is 31.5 Å². The first kappa shape index (κ1) is 16.2. The summed E-state index contributed by atoms with van der Waals surface area (Å²) in [6.07, 6.45) is 0. The van der Waals surface area contributed by atoms with Gasteiger partial charge in [-0.1, -0.05) is 6.92 Å². The van der Waals surface area contributed by atoms with Gasteiger partial charge in [0.15, 0.2) is 0 Å². The van der Waals surface area contributed by atoms with E-state index in [0.29, 0.717) is 22.5 Å². The molecule has 1 aromatic rings. The lowest BCUT2D eigenvalue weighted by Gasteiger charge is -2.13. The van der Waals surface area contributed by atoms with E-state index in [9.17, 15) is 8.42 Å². The van der Waals surface area contributed by atoms with Crippen LogP contribution in [0, 0.1) is 0 Å². The zero-order chi connectivity index (χ0) is 13.8. The maximum atomic E-state index is 11.4. The molecule has 0 spiro atoms. The van der Waals surface area contributed by atoms with Crippen molar-refractivity contribution < 1.29 is 13.2 Å². The molecular weight excluding hydrogens is 385 g/mol. The average molecular weight is 400 g/mol. The van der Waals surface area contributed by atoms with E-state index in [2.05, 4.69) is 38.4 Å². The third-order valence-electron chi connectivity index (χ3n) is 2.35. The topological polar surface area (TPSA) is 81.4 Å². The molecule has 5 nitrogen and oxygen atoms in total. The Bertz CT molecular complexity index is 483. The molecule has 0 aliphatic carbocycles. The summed E-state index contributed by atoms with van der Waals surface area (Å²) >= 11 is 2.31. The SMILES string of the molecule is CC(COc1ccc(S(=O)(=O)NN)cc1)B(P)I. The van der Waals surface area contributed by atoms with Gasteiger partial charge in [-0.2, -0.15) is 13.9 Å². The van der Waals surface area contributed by atoms with Crippen LogP contribution in [-0.2, 0) is 10.0 Å². The highest BCUT2D eigenvalue weighted by Gasteiger charge is 2.14. The number of benzene rings is 1. The smallest absolute Gasteiger partial charge is 0.253 e. The molecule has 0 amide bonds. The van der Waals surface area contributed by atoms with Gasteiger partial charge in [0.2, 0.25) is 4.29 Å². The van der Waals surface area contributed by atoms with Crippen LogP contribution in [0.25, 0.3) is 0 Å². The zero-order valence-corrected chi connectivity index (χ0v) is 14.0. The minimum atomic E-state index is -3.59. The Morgan fingerprint density at radius 1 is 1.50 bits per heavy atom. The molecule has 9 heteroatoms. The fraction of sp³-hybridized carbons (Fsp3) is 0.333. The number of halogens is 1. The number of ether oxygens (including phenoxy) is 1. The molecule has 1 rings (SSSR count). The van der Waals surface area contributed by atoms with Crippen LogP contribution < -0.4 is 15.4 Å². The predicted molar refractivity (Wildman–Crippen MR) is 85.4 cm³/mol. The second-order valence-electron chi connectivity index (χ2n) is 3.83. The van der Waals surface area contributed by atoms with Crippen molar-refractivity contribution in [3.8, 4) is 5.75 Å². The van der Waals surface area contributed by atoms with Gasteiger partial charge in [0.25, 0.3) is 10.0 Å². The highest BCUT2D eigenvalue weighted by molar-refractivity contribution is 14.1. The van der Waals surface area contributed by atoms with E-state index >= 15 is 0 Å².